The molecule has 0 aliphatic carbocycles. The van der Waals surface area contributed by atoms with Crippen molar-refractivity contribution >= 4 is 21.6 Å². The van der Waals surface area contributed by atoms with E-state index < -0.39 is 0 Å². The maximum Gasteiger partial charge on any atom is 0.0780 e. The lowest BCUT2D eigenvalue weighted by molar-refractivity contribution is -0.133. The van der Waals surface area contributed by atoms with Gasteiger partial charge in [0.1, 0.15) is 0 Å². The number of anilines is 1. The number of nitrogens with zero attached hydrogens (tertiary/aromatic N) is 1. The van der Waals surface area contributed by atoms with Crippen LogP contribution in [0.3, 0.4) is 0 Å². The van der Waals surface area contributed by atoms with Crippen LogP contribution in [-0.4, -0.2) is 25.3 Å². The number of piperidine rings is 1. The fraction of sp³-hybridized carbons (Fsp3) is 0.455. The zero-order chi connectivity index (χ0) is 9.54. The minimum atomic E-state index is 0.484. The summed E-state index contributed by atoms with van der Waals surface area (Å²) < 4.78 is 6.74. The van der Waals surface area contributed by atoms with E-state index in [2.05, 4.69) is 45.1 Å². The molecule has 1 aromatic rings. The van der Waals surface area contributed by atoms with Crippen molar-refractivity contribution < 1.29 is 4.74 Å². The van der Waals surface area contributed by atoms with Gasteiger partial charge in [-0.3, -0.25) is 0 Å². The molecule has 2 nitrogen and oxygen atoms in total. The average molecular weight is 254 g/mol. The minimum absolute atomic E-state index is 0.484. The first-order chi connectivity index (χ1) is 6.81. The lowest BCUT2D eigenvalue weighted by atomic mass is 9.98. The number of morpholine rings is 1. The van der Waals surface area contributed by atoms with Crippen LogP contribution in [0.15, 0.2) is 28.7 Å². The monoisotopic (exact) mass is 253 g/mol. The van der Waals surface area contributed by atoms with Crippen molar-refractivity contribution in [3.8, 4) is 0 Å². The van der Waals surface area contributed by atoms with Crippen molar-refractivity contribution in [1.82, 2.24) is 0 Å². The van der Waals surface area contributed by atoms with Gasteiger partial charge in [-0.15, -0.1) is 0 Å². The summed E-state index contributed by atoms with van der Waals surface area (Å²) >= 11 is 3.45. The molecule has 14 heavy (non-hydrogen) atoms. The van der Waals surface area contributed by atoms with E-state index in [0.717, 1.165) is 17.6 Å². The quantitative estimate of drug-likeness (QED) is 0.763. The number of fused-ring (bicyclic) bond motifs is 2. The highest BCUT2D eigenvalue weighted by Gasteiger charge is 2.38. The van der Waals surface area contributed by atoms with Gasteiger partial charge in [-0.1, -0.05) is 15.9 Å². The number of benzene rings is 1. The number of halogens is 1. The van der Waals surface area contributed by atoms with Crippen molar-refractivity contribution in [3.63, 3.8) is 0 Å². The third kappa shape index (κ3) is 1.44. The summed E-state index contributed by atoms with van der Waals surface area (Å²) in [6.07, 6.45) is 2.22. The maximum absolute atomic E-state index is 5.60. The molecule has 0 radical (unpaired) electrons. The molecule has 2 unspecified atom stereocenters. The Bertz CT molecular complexity index is 322. The van der Waals surface area contributed by atoms with Crippen LogP contribution < -0.4 is 4.90 Å². The van der Waals surface area contributed by atoms with E-state index in [4.69, 9.17) is 4.74 Å². The highest BCUT2D eigenvalue weighted by molar-refractivity contribution is 9.10. The van der Waals surface area contributed by atoms with Gasteiger partial charge in [0.05, 0.1) is 12.2 Å². The number of hydrogen-bond acceptors (Lipinski definition) is 2. The Labute approximate surface area is 92.0 Å². The van der Waals surface area contributed by atoms with Crippen molar-refractivity contribution in [2.45, 2.75) is 18.6 Å². The molecule has 0 N–H and O–H groups in total. The predicted octanol–water partition coefficient (Wildman–Crippen LogP) is 2.43. The molecule has 3 saturated heterocycles. The second kappa shape index (κ2) is 3.24. The summed E-state index contributed by atoms with van der Waals surface area (Å²) in [5, 5.41) is 0. The molecule has 0 saturated carbocycles. The zero-order valence-corrected chi connectivity index (χ0v) is 9.40. The zero-order valence-electron chi connectivity index (χ0n) is 7.82. The lowest BCUT2D eigenvalue weighted by Gasteiger charge is -2.48. The van der Waals surface area contributed by atoms with Gasteiger partial charge in [-0.25, -0.2) is 0 Å². The van der Waals surface area contributed by atoms with Crippen LogP contribution in [0.1, 0.15) is 6.42 Å². The number of ether oxygens (including phenoxy) is 1. The first-order valence-electron chi connectivity index (χ1n) is 4.97. The minimum Gasteiger partial charge on any atom is -0.371 e. The van der Waals surface area contributed by atoms with Gasteiger partial charge in [0.2, 0.25) is 0 Å². The Morgan fingerprint density at radius 2 is 1.71 bits per heavy atom. The van der Waals surface area contributed by atoms with E-state index in [1.54, 1.807) is 0 Å². The molecule has 1 aromatic carbocycles. The van der Waals surface area contributed by atoms with Gasteiger partial charge in [-0.05, 0) is 24.3 Å². The highest BCUT2D eigenvalue weighted by Crippen LogP contribution is 2.31. The van der Waals surface area contributed by atoms with Crippen molar-refractivity contribution in [3.05, 3.63) is 28.7 Å². The Balaban J connectivity index is 1.79. The molecular formula is C11H12BrNO. The summed E-state index contributed by atoms with van der Waals surface area (Å²) in [7, 11) is 0. The summed E-state index contributed by atoms with van der Waals surface area (Å²) in [5.41, 5.74) is 1.31. The van der Waals surface area contributed by atoms with Crippen LogP contribution in [0.2, 0.25) is 0 Å². The smallest absolute Gasteiger partial charge is 0.0780 e. The molecule has 0 aromatic heterocycles. The Morgan fingerprint density at radius 1 is 1.14 bits per heavy atom. The van der Waals surface area contributed by atoms with Crippen LogP contribution >= 0.6 is 15.9 Å². The average Bonchev–Trinajstić information content (AvgIpc) is 2.18. The van der Waals surface area contributed by atoms with Gasteiger partial charge < -0.3 is 9.64 Å². The van der Waals surface area contributed by atoms with Gasteiger partial charge in [0, 0.05) is 29.7 Å². The summed E-state index contributed by atoms with van der Waals surface area (Å²) in [4.78, 5) is 2.41. The molecule has 3 heterocycles. The van der Waals surface area contributed by atoms with E-state index >= 15 is 0 Å². The maximum atomic E-state index is 5.60. The fourth-order valence-electron chi connectivity index (χ4n) is 2.22. The third-order valence-corrected chi connectivity index (χ3v) is 3.48. The van der Waals surface area contributed by atoms with E-state index in [1.807, 2.05) is 0 Å². The molecule has 4 rings (SSSR count). The van der Waals surface area contributed by atoms with Gasteiger partial charge in [-0.2, -0.15) is 0 Å². The van der Waals surface area contributed by atoms with Crippen LogP contribution in [-0.2, 0) is 4.74 Å². The van der Waals surface area contributed by atoms with Crippen LogP contribution in [0.4, 0.5) is 5.69 Å². The Kier molecular flexibility index (Phi) is 2.03. The molecule has 2 bridgehead atoms. The third-order valence-electron chi connectivity index (χ3n) is 2.95. The van der Waals surface area contributed by atoms with Crippen molar-refractivity contribution in [2.24, 2.45) is 0 Å². The van der Waals surface area contributed by atoms with Crippen molar-refractivity contribution in [1.29, 1.82) is 0 Å². The molecule has 3 aliphatic rings. The van der Waals surface area contributed by atoms with Crippen LogP contribution in [0.5, 0.6) is 0 Å². The second-order valence-electron chi connectivity index (χ2n) is 4.00. The van der Waals surface area contributed by atoms with Gasteiger partial charge in [0.15, 0.2) is 0 Å². The van der Waals surface area contributed by atoms with Gasteiger partial charge >= 0.3 is 0 Å². The van der Waals surface area contributed by atoms with E-state index in [0.29, 0.717) is 12.2 Å². The lowest BCUT2D eigenvalue weighted by Crippen LogP contribution is -2.57. The fourth-order valence-corrected chi connectivity index (χ4v) is 2.48. The second-order valence-corrected chi connectivity index (χ2v) is 4.91. The molecule has 3 fully saturated rings. The highest BCUT2D eigenvalue weighted by atomic mass is 79.9. The molecule has 2 atom stereocenters. The summed E-state index contributed by atoms with van der Waals surface area (Å²) in [5.74, 6) is 0. The molecular weight excluding hydrogens is 242 g/mol. The summed E-state index contributed by atoms with van der Waals surface area (Å²) in [6.45, 7) is 2.11. The molecule has 74 valence electrons. The van der Waals surface area contributed by atoms with Crippen LogP contribution in [0.25, 0.3) is 0 Å². The van der Waals surface area contributed by atoms with Gasteiger partial charge in [0.25, 0.3) is 0 Å². The van der Waals surface area contributed by atoms with E-state index in [-0.39, 0.29) is 0 Å². The largest absolute Gasteiger partial charge is 0.371 e. The Hall–Kier alpha value is -0.540. The number of hydrogen-bond donors (Lipinski definition) is 0. The molecule has 3 aliphatic heterocycles. The number of rotatable bonds is 1. The first-order valence-corrected chi connectivity index (χ1v) is 5.76. The summed E-state index contributed by atoms with van der Waals surface area (Å²) in [6, 6.07) is 8.51. The SMILES string of the molecule is Brc1ccc(N2CC3CC(C2)O3)cc1. The topological polar surface area (TPSA) is 12.5 Å². The normalized spacial score (nSPS) is 29.9. The van der Waals surface area contributed by atoms with Crippen molar-refractivity contribution in [2.75, 3.05) is 18.0 Å². The predicted molar refractivity (Wildman–Crippen MR) is 59.6 cm³/mol. The Morgan fingerprint density at radius 3 is 2.29 bits per heavy atom. The van der Waals surface area contributed by atoms with Crippen LogP contribution in [0, 0.1) is 0 Å². The first kappa shape index (κ1) is 8.74. The molecule has 0 amide bonds. The van der Waals surface area contributed by atoms with E-state index in [9.17, 15) is 0 Å². The van der Waals surface area contributed by atoms with E-state index in [1.165, 1.54) is 12.1 Å². The molecule has 0 spiro atoms. The molecule has 3 heteroatoms. The standard InChI is InChI=1S/C11H12BrNO/c12-8-1-3-9(4-2-8)13-6-10-5-11(7-13)14-10/h1-4,10-11H,5-7H2.